The van der Waals surface area contributed by atoms with Crippen LogP contribution in [0.1, 0.15) is 39.0 Å². The first-order valence-electron chi connectivity index (χ1n) is 5.71. The second-order valence-corrected chi connectivity index (χ2v) is 4.47. The van der Waals surface area contributed by atoms with Gasteiger partial charge >= 0.3 is 6.01 Å². The average molecular weight is 223 g/mol. The van der Waals surface area contributed by atoms with Crippen LogP contribution in [0.2, 0.25) is 0 Å². The van der Waals surface area contributed by atoms with Crippen molar-refractivity contribution in [3.05, 3.63) is 17.5 Å². The Bertz CT molecular complexity index is 337. The Morgan fingerprint density at radius 3 is 2.50 bits per heavy atom. The Labute approximate surface area is 97.5 Å². The quantitative estimate of drug-likeness (QED) is 0.830. The highest BCUT2D eigenvalue weighted by Crippen LogP contribution is 2.10. The molecule has 1 rings (SSSR count). The number of aryl methyl sites for hydroxylation is 1. The molecule has 0 fully saturated rings. The molecular weight excluding hydrogens is 202 g/mol. The number of hydrogen-bond acceptors (Lipinski definition) is 4. The van der Waals surface area contributed by atoms with Crippen molar-refractivity contribution >= 4 is 0 Å². The Kier molecular flexibility index (Phi) is 4.68. The number of nitrogens with zero attached hydrogens (tertiary/aromatic N) is 2. The van der Waals surface area contributed by atoms with E-state index in [1.807, 2.05) is 27.0 Å². The molecule has 0 amide bonds. The van der Waals surface area contributed by atoms with Crippen molar-refractivity contribution in [2.45, 2.75) is 53.3 Å². The summed E-state index contributed by atoms with van der Waals surface area (Å²) in [6, 6.07) is 0.923. The van der Waals surface area contributed by atoms with Crippen LogP contribution >= 0.6 is 0 Å². The van der Waals surface area contributed by atoms with E-state index >= 15 is 0 Å². The van der Waals surface area contributed by atoms with Crippen LogP contribution < -0.4 is 10.1 Å². The first-order chi connectivity index (χ1) is 7.49. The fourth-order valence-corrected chi connectivity index (χ4v) is 1.23. The van der Waals surface area contributed by atoms with Gasteiger partial charge in [-0.3, -0.25) is 0 Å². The lowest BCUT2D eigenvalue weighted by molar-refractivity contribution is 0.221. The first-order valence-corrected chi connectivity index (χ1v) is 5.71. The average Bonchev–Trinajstić information content (AvgIpc) is 2.15. The maximum absolute atomic E-state index is 5.43. The zero-order valence-corrected chi connectivity index (χ0v) is 10.7. The molecule has 1 heterocycles. The van der Waals surface area contributed by atoms with Gasteiger partial charge in [0.25, 0.3) is 0 Å². The smallest absolute Gasteiger partial charge is 0.316 e. The lowest BCUT2D eigenvalue weighted by Gasteiger charge is -2.12. The van der Waals surface area contributed by atoms with Crippen LogP contribution in [0.4, 0.5) is 0 Å². The van der Waals surface area contributed by atoms with Crippen LogP contribution in [0.15, 0.2) is 6.20 Å². The zero-order chi connectivity index (χ0) is 12.1. The fourth-order valence-electron chi connectivity index (χ4n) is 1.23. The van der Waals surface area contributed by atoms with Crippen molar-refractivity contribution in [2.75, 3.05) is 0 Å². The van der Waals surface area contributed by atoms with Crippen molar-refractivity contribution in [3.63, 3.8) is 0 Å². The van der Waals surface area contributed by atoms with Crippen molar-refractivity contribution < 1.29 is 4.74 Å². The van der Waals surface area contributed by atoms with E-state index in [1.54, 1.807) is 0 Å². The Morgan fingerprint density at radius 1 is 1.31 bits per heavy atom. The highest BCUT2D eigenvalue weighted by molar-refractivity contribution is 5.17. The van der Waals surface area contributed by atoms with E-state index in [0.29, 0.717) is 12.1 Å². The molecule has 0 aromatic carbocycles. The largest absolute Gasteiger partial charge is 0.461 e. The van der Waals surface area contributed by atoms with Crippen LogP contribution in [0, 0.1) is 6.92 Å². The molecule has 1 aromatic heterocycles. The Morgan fingerprint density at radius 2 is 2.00 bits per heavy atom. The second kappa shape index (κ2) is 5.80. The number of hydrogen-bond donors (Lipinski definition) is 1. The number of aromatic nitrogens is 2. The van der Waals surface area contributed by atoms with Crippen molar-refractivity contribution in [2.24, 2.45) is 0 Å². The van der Waals surface area contributed by atoms with Gasteiger partial charge in [-0.2, -0.15) is 0 Å². The van der Waals surface area contributed by atoms with E-state index in [4.69, 9.17) is 4.74 Å². The number of ether oxygens (including phenoxy) is 1. The van der Waals surface area contributed by atoms with Gasteiger partial charge in [0.15, 0.2) is 0 Å². The molecule has 0 bridgehead atoms. The van der Waals surface area contributed by atoms with Gasteiger partial charge < -0.3 is 10.1 Å². The molecule has 4 heteroatoms. The molecule has 0 radical (unpaired) electrons. The molecule has 0 saturated carbocycles. The van der Waals surface area contributed by atoms with Crippen LogP contribution in [0.5, 0.6) is 6.01 Å². The van der Waals surface area contributed by atoms with Crippen LogP contribution in [0.25, 0.3) is 0 Å². The molecule has 0 spiro atoms. The summed E-state index contributed by atoms with van der Waals surface area (Å²) < 4.78 is 5.43. The van der Waals surface area contributed by atoms with Crippen molar-refractivity contribution in [1.82, 2.24) is 15.3 Å². The van der Waals surface area contributed by atoms with Gasteiger partial charge in [0.2, 0.25) is 0 Å². The van der Waals surface area contributed by atoms with Crippen LogP contribution in [-0.4, -0.2) is 22.1 Å². The van der Waals surface area contributed by atoms with Crippen molar-refractivity contribution in [1.29, 1.82) is 0 Å². The normalized spacial score (nSPS) is 11.2. The third-order valence-corrected chi connectivity index (χ3v) is 2.10. The third-order valence-electron chi connectivity index (χ3n) is 2.10. The van der Waals surface area contributed by atoms with Gasteiger partial charge in [-0.1, -0.05) is 13.8 Å². The highest BCUT2D eigenvalue weighted by Gasteiger charge is 2.06. The molecule has 0 aliphatic carbocycles. The van der Waals surface area contributed by atoms with Gasteiger partial charge in [-0.05, 0) is 20.8 Å². The second-order valence-electron chi connectivity index (χ2n) is 4.47. The van der Waals surface area contributed by atoms with Crippen LogP contribution in [-0.2, 0) is 6.54 Å². The van der Waals surface area contributed by atoms with Crippen LogP contribution in [0.3, 0.4) is 0 Å². The minimum absolute atomic E-state index is 0.110. The summed E-state index contributed by atoms with van der Waals surface area (Å²) >= 11 is 0. The third kappa shape index (κ3) is 4.14. The molecule has 1 N–H and O–H groups in total. The monoisotopic (exact) mass is 223 g/mol. The summed E-state index contributed by atoms with van der Waals surface area (Å²) in [5.41, 5.74) is 2.09. The number of nitrogens with one attached hydrogen (secondary N) is 1. The predicted octanol–water partition coefficient (Wildman–Crippen LogP) is 2.07. The maximum atomic E-state index is 5.43. The zero-order valence-electron chi connectivity index (χ0n) is 10.7. The lowest BCUT2D eigenvalue weighted by atomic mass is 10.2. The Hall–Kier alpha value is -1.16. The fraction of sp³-hybridized carbons (Fsp3) is 0.667. The molecule has 16 heavy (non-hydrogen) atoms. The standard InChI is InChI=1S/C12H21N3O/c1-8(2)13-6-11-7-14-12(15-10(11)5)16-9(3)4/h7-9,13H,6H2,1-5H3. The summed E-state index contributed by atoms with van der Waals surface area (Å²) in [6.45, 7) is 10.9. The molecule has 0 saturated heterocycles. The van der Waals surface area contributed by atoms with E-state index in [9.17, 15) is 0 Å². The lowest BCUT2D eigenvalue weighted by Crippen LogP contribution is -2.22. The van der Waals surface area contributed by atoms with E-state index in [1.165, 1.54) is 0 Å². The Balaban J connectivity index is 2.67. The number of rotatable bonds is 5. The van der Waals surface area contributed by atoms with E-state index in [2.05, 4.69) is 29.1 Å². The molecule has 4 nitrogen and oxygen atoms in total. The first kappa shape index (κ1) is 12.9. The SMILES string of the molecule is Cc1nc(OC(C)C)ncc1CNC(C)C. The summed E-state index contributed by atoms with van der Waals surface area (Å²) in [4.78, 5) is 8.50. The van der Waals surface area contributed by atoms with Gasteiger partial charge in [-0.25, -0.2) is 9.97 Å². The summed E-state index contributed by atoms with van der Waals surface area (Å²) in [6.07, 6.45) is 1.94. The van der Waals surface area contributed by atoms with Gasteiger partial charge in [0.1, 0.15) is 0 Å². The molecule has 0 unspecified atom stereocenters. The molecule has 0 aliphatic rings. The summed E-state index contributed by atoms with van der Waals surface area (Å²) in [5, 5.41) is 3.34. The minimum Gasteiger partial charge on any atom is -0.461 e. The molecule has 0 atom stereocenters. The summed E-state index contributed by atoms with van der Waals surface area (Å²) in [5.74, 6) is 0. The maximum Gasteiger partial charge on any atom is 0.316 e. The van der Waals surface area contributed by atoms with Gasteiger partial charge in [0, 0.05) is 30.0 Å². The molecule has 0 aliphatic heterocycles. The molecule has 90 valence electrons. The molecule has 1 aromatic rings. The molecular formula is C12H21N3O. The predicted molar refractivity (Wildman–Crippen MR) is 64.5 cm³/mol. The minimum atomic E-state index is 0.110. The highest BCUT2D eigenvalue weighted by atomic mass is 16.5. The van der Waals surface area contributed by atoms with E-state index in [-0.39, 0.29) is 6.10 Å². The summed E-state index contributed by atoms with van der Waals surface area (Å²) in [7, 11) is 0. The van der Waals surface area contributed by atoms with Crippen molar-refractivity contribution in [3.8, 4) is 6.01 Å². The van der Waals surface area contributed by atoms with Gasteiger partial charge in [0.05, 0.1) is 6.10 Å². The topological polar surface area (TPSA) is 47.0 Å². The van der Waals surface area contributed by atoms with E-state index in [0.717, 1.165) is 17.8 Å². The van der Waals surface area contributed by atoms with E-state index < -0.39 is 0 Å². The van der Waals surface area contributed by atoms with Gasteiger partial charge in [-0.15, -0.1) is 0 Å².